The fourth-order valence-corrected chi connectivity index (χ4v) is 5.69. The van der Waals surface area contributed by atoms with Crippen LogP contribution >= 0.6 is 0 Å². The zero-order chi connectivity index (χ0) is 20.1. The Morgan fingerprint density at radius 1 is 1.29 bits per heavy atom. The number of sulfonamides is 1. The number of imidazole rings is 1. The third-order valence-electron chi connectivity index (χ3n) is 6.28. The minimum atomic E-state index is -3.52. The Kier molecular flexibility index (Phi) is 4.95. The molecule has 2 aromatic rings. The second kappa shape index (κ2) is 7.15. The van der Waals surface area contributed by atoms with Crippen LogP contribution in [0.25, 0.3) is 11.0 Å². The Morgan fingerprint density at radius 3 is 2.68 bits per heavy atom. The standard InChI is InChI=1S/C20H27N3O4S/c1-4-23-18-8-7-15(28(25,26)22(2)3)11-17(18)21-19(23)12-27-20(24)16-10-13-5-6-14(16)9-13/h7-8,11,13-14,16H,4-6,9-10,12H2,1-3H3. The van der Waals surface area contributed by atoms with E-state index in [0.29, 0.717) is 29.7 Å². The lowest BCUT2D eigenvalue weighted by Crippen LogP contribution is -2.23. The Labute approximate surface area is 165 Å². The fourth-order valence-electron chi connectivity index (χ4n) is 4.77. The summed E-state index contributed by atoms with van der Waals surface area (Å²) < 4.78 is 33.5. The van der Waals surface area contributed by atoms with Crippen molar-refractivity contribution >= 4 is 27.0 Å². The zero-order valence-electron chi connectivity index (χ0n) is 16.6. The minimum Gasteiger partial charge on any atom is -0.457 e. The molecule has 2 bridgehead atoms. The topological polar surface area (TPSA) is 81.5 Å². The molecule has 2 saturated carbocycles. The molecule has 28 heavy (non-hydrogen) atoms. The SMILES string of the molecule is CCn1c(COC(=O)C2CC3CCC2C3)nc2cc(S(=O)(=O)N(C)C)ccc21. The fraction of sp³-hybridized carbons (Fsp3) is 0.600. The normalized spacial score (nSPS) is 24.4. The highest BCUT2D eigenvalue weighted by Gasteiger charge is 2.44. The number of esters is 1. The van der Waals surface area contributed by atoms with E-state index in [2.05, 4.69) is 4.98 Å². The van der Waals surface area contributed by atoms with Crippen molar-refractivity contribution in [2.45, 2.75) is 50.7 Å². The average molecular weight is 406 g/mol. The molecule has 152 valence electrons. The van der Waals surface area contributed by atoms with Crippen LogP contribution in [0.1, 0.15) is 38.4 Å². The van der Waals surface area contributed by atoms with Crippen molar-refractivity contribution in [1.82, 2.24) is 13.9 Å². The van der Waals surface area contributed by atoms with Gasteiger partial charge in [0.2, 0.25) is 10.0 Å². The first-order valence-corrected chi connectivity index (χ1v) is 11.3. The van der Waals surface area contributed by atoms with E-state index in [9.17, 15) is 13.2 Å². The number of hydrogen-bond acceptors (Lipinski definition) is 5. The molecule has 2 fully saturated rings. The Balaban J connectivity index is 1.56. The number of rotatable bonds is 6. The van der Waals surface area contributed by atoms with Crippen molar-refractivity contribution < 1.29 is 17.9 Å². The number of aryl methyl sites for hydroxylation is 1. The van der Waals surface area contributed by atoms with Crippen LogP contribution in [0.15, 0.2) is 23.1 Å². The van der Waals surface area contributed by atoms with Crippen molar-refractivity contribution in [3.05, 3.63) is 24.0 Å². The molecule has 0 radical (unpaired) electrons. The van der Waals surface area contributed by atoms with Crippen LogP contribution in [-0.2, 0) is 32.7 Å². The summed E-state index contributed by atoms with van der Waals surface area (Å²) >= 11 is 0. The van der Waals surface area contributed by atoms with Crippen molar-refractivity contribution in [1.29, 1.82) is 0 Å². The van der Waals surface area contributed by atoms with E-state index in [0.717, 1.165) is 24.8 Å². The Bertz CT molecular complexity index is 1010. The maximum Gasteiger partial charge on any atom is 0.309 e. The third-order valence-corrected chi connectivity index (χ3v) is 8.09. The molecule has 0 amide bonds. The summed E-state index contributed by atoms with van der Waals surface area (Å²) in [6.45, 7) is 2.77. The maximum absolute atomic E-state index is 12.5. The quantitative estimate of drug-likeness (QED) is 0.690. The molecule has 1 heterocycles. The first kappa shape index (κ1) is 19.4. The smallest absolute Gasteiger partial charge is 0.309 e. The molecule has 7 nitrogen and oxygen atoms in total. The van der Waals surface area contributed by atoms with Gasteiger partial charge in [-0.1, -0.05) is 6.42 Å². The van der Waals surface area contributed by atoms with Gasteiger partial charge in [0.05, 0.1) is 21.8 Å². The Morgan fingerprint density at radius 2 is 2.07 bits per heavy atom. The van der Waals surface area contributed by atoms with E-state index in [1.807, 2.05) is 11.5 Å². The summed E-state index contributed by atoms with van der Waals surface area (Å²) in [6.07, 6.45) is 4.51. The number of ether oxygens (including phenoxy) is 1. The van der Waals surface area contributed by atoms with E-state index in [1.54, 1.807) is 18.2 Å². The van der Waals surface area contributed by atoms with Gasteiger partial charge in [0.1, 0.15) is 12.4 Å². The van der Waals surface area contributed by atoms with Crippen LogP contribution in [0, 0.1) is 17.8 Å². The van der Waals surface area contributed by atoms with Gasteiger partial charge in [-0.05, 0) is 56.2 Å². The van der Waals surface area contributed by atoms with Crippen molar-refractivity contribution in [3.8, 4) is 0 Å². The second-order valence-corrected chi connectivity index (χ2v) is 10.3. The van der Waals surface area contributed by atoms with Gasteiger partial charge >= 0.3 is 5.97 Å². The summed E-state index contributed by atoms with van der Waals surface area (Å²) in [4.78, 5) is 17.3. The van der Waals surface area contributed by atoms with Gasteiger partial charge in [0.15, 0.2) is 0 Å². The molecule has 1 aromatic heterocycles. The molecule has 3 atom stereocenters. The number of aromatic nitrogens is 2. The first-order chi connectivity index (χ1) is 13.3. The zero-order valence-corrected chi connectivity index (χ0v) is 17.4. The lowest BCUT2D eigenvalue weighted by Gasteiger charge is -2.19. The van der Waals surface area contributed by atoms with Gasteiger partial charge in [0.25, 0.3) is 0 Å². The molecule has 8 heteroatoms. The molecule has 1 aromatic carbocycles. The van der Waals surface area contributed by atoms with Crippen molar-refractivity contribution in [2.75, 3.05) is 14.1 Å². The van der Waals surface area contributed by atoms with E-state index in [1.165, 1.54) is 24.8 Å². The van der Waals surface area contributed by atoms with Crippen LogP contribution in [0.5, 0.6) is 0 Å². The van der Waals surface area contributed by atoms with Gasteiger partial charge in [-0.2, -0.15) is 0 Å². The number of hydrogen-bond donors (Lipinski definition) is 0. The van der Waals surface area contributed by atoms with Gasteiger partial charge in [-0.25, -0.2) is 17.7 Å². The molecule has 0 N–H and O–H groups in total. The van der Waals surface area contributed by atoms with Crippen LogP contribution in [0.3, 0.4) is 0 Å². The molecule has 0 aliphatic heterocycles. The highest BCUT2D eigenvalue weighted by molar-refractivity contribution is 7.89. The van der Waals surface area contributed by atoms with Gasteiger partial charge in [-0.3, -0.25) is 4.79 Å². The van der Waals surface area contributed by atoms with E-state index in [4.69, 9.17) is 4.74 Å². The van der Waals surface area contributed by atoms with E-state index >= 15 is 0 Å². The van der Waals surface area contributed by atoms with Crippen LogP contribution in [0.4, 0.5) is 0 Å². The van der Waals surface area contributed by atoms with E-state index in [-0.39, 0.29) is 23.4 Å². The number of benzene rings is 1. The number of carbonyl (C=O) groups is 1. The number of nitrogens with zero attached hydrogens (tertiary/aromatic N) is 3. The van der Waals surface area contributed by atoms with Gasteiger partial charge in [-0.15, -0.1) is 0 Å². The molecule has 2 aliphatic rings. The van der Waals surface area contributed by atoms with Gasteiger partial charge in [0, 0.05) is 20.6 Å². The Hall–Kier alpha value is -1.93. The summed E-state index contributed by atoms with van der Waals surface area (Å²) in [5.41, 5.74) is 1.43. The minimum absolute atomic E-state index is 0.0371. The highest BCUT2D eigenvalue weighted by atomic mass is 32.2. The summed E-state index contributed by atoms with van der Waals surface area (Å²) in [6, 6.07) is 4.94. The molecule has 0 saturated heterocycles. The van der Waals surface area contributed by atoms with Crippen LogP contribution in [-0.4, -0.2) is 42.3 Å². The van der Waals surface area contributed by atoms with E-state index < -0.39 is 10.0 Å². The number of fused-ring (bicyclic) bond motifs is 3. The molecular formula is C20H27N3O4S. The third kappa shape index (κ3) is 3.22. The van der Waals surface area contributed by atoms with Crippen LogP contribution in [0.2, 0.25) is 0 Å². The molecule has 0 spiro atoms. The summed E-state index contributed by atoms with van der Waals surface area (Å²) in [7, 11) is -0.512. The molecule has 3 unspecified atom stereocenters. The largest absolute Gasteiger partial charge is 0.457 e. The summed E-state index contributed by atoms with van der Waals surface area (Å²) in [5, 5.41) is 0. The monoisotopic (exact) mass is 405 g/mol. The highest BCUT2D eigenvalue weighted by Crippen LogP contribution is 2.48. The van der Waals surface area contributed by atoms with Gasteiger partial charge < -0.3 is 9.30 Å². The maximum atomic E-state index is 12.5. The second-order valence-electron chi connectivity index (χ2n) is 8.10. The van der Waals surface area contributed by atoms with Crippen molar-refractivity contribution in [3.63, 3.8) is 0 Å². The molecule has 4 rings (SSSR count). The summed E-state index contributed by atoms with van der Waals surface area (Å²) in [5.74, 6) is 1.75. The van der Waals surface area contributed by atoms with Crippen molar-refractivity contribution in [2.24, 2.45) is 17.8 Å². The average Bonchev–Trinajstić information content (AvgIpc) is 3.38. The molecular weight excluding hydrogens is 378 g/mol. The predicted molar refractivity (Wildman–Crippen MR) is 105 cm³/mol. The lowest BCUT2D eigenvalue weighted by atomic mass is 9.89. The molecule has 2 aliphatic carbocycles. The van der Waals surface area contributed by atoms with Crippen LogP contribution < -0.4 is 0 Å². The number of carbonyl (C=O) groups excluding carboxylic acids is 1. The predicted octanol–water partition coefficient (Wildman–Crippen LogP) is 2.79. The first-order valence-electron chi connectivity index (χ1n) is 9.89. The lowest BCUT2D eigenvalue weighted by molar-refractivity contribution is -0.152.